The van der Waals surface area contributed by atoms with Gasteiger partial charge in [-0.05, 0) is 65.8 Å². The molecule has 6 heteroatoms. The normalized spacial score (nSPS) is 14.1. The predicted molar refractivity (Wildman–Crippen MR) is 99.8 cm³/mol. The van der Waals surface area contributed by atoms with Crippen molar-refractivity contribution in [3.8, 4) is 0 Å². The highest BCUT2D eigenvalue weighted by atomic mass is 127. The van der Waals surface area contributed by atoms with Gasteiger partial charge in [-0.3, -0.25) is 9.59 Å². The zero-order valence-corrected chi connectivity index (χ0v) is 15.3. The van der Waals surface area contributed by atoms with Gasteiger partial charge in [0.2, 0.25) is 5.91 Å². The van der Waals surface area contributed by atoms with E-state index in [1.165, 1.54) is 17.0 Å². The molecule has 0 saturated carbocycles. The van der Waals surface area contributed by atoms with Crippen LogP contribution in [-0.4, -0.2) is 18.4 Å². The number of carbonyl (C=O) groups is 2. The van der Waals surface area contributed by atoms with Gasteiger partial charge in [0.1, 0.15) is 5.82 Å². The maximum Gasteiger partial charge on any atom is 0.256 e. The lowest BCUT2D eigenvalue weighted by Crippen LogP contribution is -2.24. The topological polar surface area (TPSA) is 49.4 Å². The molecule has 2 aromatic rings. The Kier molecular flexibility index (Phi) is 4.84. The van der Waals surface area contributed by atoms with Crippen LogP contribution in [0.1, 0.15) is 28.8 Å². The van der Waals surface area contributed by atoms with E-state index in [-0.39, 0.29) is 17.5 Å². The number of nitrogens with one attached hydrogen (secondary N) is 1. The minimum atomic E-state index is -0.512. The van der Waals surface area contributed by atoms with Crippen LogP contribution in [0.3, 0.4) is 0 Å². The molecule has 1 heterocycles. The molecule has 0 bridgehead atoms. The average molecular weight is 438 g/mol. The SMILES string of the molecule is Cc1cccc(C(=O)Nc2ccc(N3CCCC3=O)c(F)c2)c1I. The minimum absolute atomic E-state index is 0.0694. The van der Waals surface area contributed by atoms with Gasteiger partial charge in [0.25, 0.3) is 5.91 Å². The summed E-state index contributed by atoms with van der Waals surface area (Å²) in [6.45, 7) is 2.46. The van der Waals surface area contributed by atoms with E-state index in [9.17, 15) is 14.0 Å². The maximum absolute atomic E-state index is 14.3. The maximum atomic E-state index is 14.3. The third-order valence-electron chi connectivity index (χ3n) is 4.01. The second-order valence-electron chi connectivity index (χ2n) is 5.71. The number of aryl methyl sites for hydroxylation is 1. The molecule has 0 aliphatic carbocycles. The summed E-state index contributed by atoms with van der Waals surface area (Å²) < 4.78 is 15.2. The molecule has 0 unspecified atom stereocenters. The number of rotatable bonds is 3. The lowest BCUT2D eigenvalue weighted by molar-refractivity contribution is -0.117. The molecular formula is C18H16FIN2O2. The Balaban J connectivity index is 1.81. The van der Waals surface area contributed by atoms with Crippen LogP contribution in [0.2, 0.25) is 0 Å². The van der Waals surface area contributed by atoms with E-state index in [2.05, 4.69) is 27.9 Å². The number of nitrogens with zero attached hydrogens (tertiary/aromatic N) is 1. The molecule has 1 fully saturated rings. The number of hydrogen-bond acceptors (Lipinski definition) is 2. The summed E-state index contributed by atoms with van der Waals surface area (Å²) >= 11 is 2.12. The van der Waals surface area contributed by atoms with Crippen molar-refractivity contribution in [3.05, 3.63) is 56.9 Å². The number of halogens is 2. The Morgan fingerprint density at radius 3 is 2.75 bits per heavy atom. The molecule has 0 radical (unpaired) electrons. The van der Waals surface area contributed by atoms with Crippen LogP contribution in [0.15, 0.2) is 36.4 Å². The third kappa shape index (κ3) is 3.28. The van der Waals surface area contributed by atoms with E-state index in [0.717, 1.165) is 15.6 Å². The van der Waals surface area contributed by atoms with Gasteiger partial charge >= 0.3 is 0 Å². The molecule has 4 nitrogen and oxygen atoms in total. The molecular weight excluding hydrogens is 422 g/mol. The van der Waals surface area contributed by atoms with Crippen LogP contribution < -0.4 is 10.2 Å². The number of amides is 2. The molecule has 24 heavy (non-hydrogen) atoms. The zero-order chi connectivity index (χ0) is 17.3. The first kappa shape index (κ1) is 16.9. The lowest BCUT2D eigenvalue weighted by Gasteiger charge is -2.17. The Morgan fingerprint density at radius 1 is 1.29 bits per heavy atom. The van der Waals surface area contributed by atoms with Crippen LogP contribution in [0.5, 0.6) is 0 Å². The first-order valence-electron chi connectivity index (χ1n) is 7.64. The van der Waals surface area contributed by atoms with Crippen LogP contribution in [0, 0.1) is 16.3 Å². The van der Waals surface area contributed by atoms with Gasteiger partial charge in [-0.15, -0.1) is 0 Å². The van der Waals surface area contributed by atoms with Gasteiger partial charge in [-0.1, -0.05) is 12.1 Å². The van der Waals surface area contributed by atoms with E-state index >= 15 is 0 Å². The summed E-state index contributed by atoms with van der Waals surface area (Å²) in [5.74, 6) is -0.866. The fourth-order valence-corrected chi connectivity index (χ4v) is 3.33. The van der Waals surface area contributed by atoms with E-state index in [0.29, 0.717) is 24.2 Å². The van der Waals surface area contributed by atoms with Gasteiger partial charge in [-0.2, -0.15) is 0 Å². The van der Waals surface area contributed by atoms with Gasteiger partial charge in [0.15, 0.2) is 0 Å². The molecule has 1 aliphatic heterocycles. The van der Waals surface area contributed by atoms with Crippen LogP contribution in [0.25, 0.3) is 0 Å². The summed E-state index contributed by atoms with van der Waals surface area (Å²) in [5.41, 5.74) is 2.19. The summed E-state index contributed by atoms with van der Waals surface area (Å²) in [6, 6.07) is 9.88. The van der Waals surface area contributed by atoms with Gasteiger partial charge in [0, 0.05) is 22.2 Å². The summed E-state index contributed by atoms with van der Waals surface area (Å²) in [6.07, 6.45) is 1.19. The highest BCUT2D eigenvalue weighted by molar-refractivity contribution is 14.1. The molecule has 1 aliphatic rings. The lowest BCUT2D eigenvalue weighted by atomic mass is 10.1. The molecule has 0 atom stereocenters. The van der Waals surface area contributed by atoms with Gasteiger partial charge in [-0.25, -0.2) is 4.39 Å². The molecule has 1 saturated heterocycles. The van der Waals surface area contributed by atoms with Crippen molar-refractivity contribution in [2.24, 2.45) is 0 Å². The van der Waals surface area contributed by atoms with Crippen molar-refractivity contribution in [2.75, 3.05) is 16.8 Å². The third-order valence-corrected chi connectivity index (χ3v) is 5.44. The zero-order valence-electron chi connectivity index (χ0n) is 13.1. The quantitative estimate of drug-likeness (QED) is 0.734. The molecule has 124 valence electrons. The standard InChI is InChI=1S/C18H16FIN2O2/c1-11-4-2-5-13(17(11)20)18(24)21-12-7-8-15(14(19)10-12)22-9-3-6-16(22)23/h2,4-5,7-8,10H,3,6,9H2,1H3,(H,21,24). The molecule has 0 aromatic heterocycles. The number of anilines is 2. The van der Waals surface area contributed by atoms with E-state index < -0.39 is 5.82 Å². The van der Waals surface area contributed by atoms with Crippen molar-refractivity contribution < 1.29 is 14.0 Å². The second kappa shape index (κ2) is 6.88. The number of carbonyl (C=O) groups excluding carboxylic acids is 2. The molecule has 2 amide bonds. The summed E-state index contributed by atoms with van der Waals surface area (Å²) in [7, 11) is 0. The largest absolute Gasteiger partial charge is 0.322 e. The smallest absolute Gasteiger partial charge is 0.256 e. The molecule has 3 rings (SSSR count). The molecule has 0 spiro atoms. The molecule has 1 N–H and O–H groups in total. The Hall–Kier alpha value is -1.96. The Morgan fingerprint density at radius 2 is 2.08 bits per heavy atom. The van der Waals surface area contributed by atoms with Crippen LogP contribution >= 0.6 is 22.6 Å². The van der Waals surface area contributed by atoms with Crippen molar-refractivity contribution in [3.63, 3.8) is 0 Å². The fourth-order valence-electron chi connectivity index (χ4n) is 2.73. The first-order chi connectivity index (χ1) is 11.5. The highest BCUT2D eigenvalue weighted by Gasteiger charge is 2.24. The predicted octanol–water partition coefficient (Wildman–Crippen LogP) is 4.12. The van der Waals surface area contributed by atoms with Crippen molar-refractivity contribution in [1.29, 1.82) is 0 Å². The average Bonchev–Trinajstić information content (AvgIpc) is 2.96. The van der Waals surface area contributed by atoms with Crippen molar-refractivity contribution in [2.45, 2.75) is 19.8 Å². The van der Waals surface area contributed by atoms with E-state index in [1.807, 2.05) is 19.1 Å². The second-order valence-corrected chi connectivity index (χ2v) is 6.78. The number of benzene rings is 2. The summed E-state index contributed by atoms with van der Waals surface area (Å²) in [4.78, 5) is 25.6. The Bertz CT molecular complexity index is 823. The van der Waals surface area contributed by atoms with Crippen molar-refractivity contribution >= 4 is 45.8 Å². The number of hydrogen-bond donors (Lipinski definition) is 1. The van der Waals surface area contributed by atoms with Gasteiger partial charge < -0.3 is 10.2 Å². The first-order valence-corrected chi connectivity index (χ1v) is 8.71. The van der Waals surface area contributed by atoms with Crippen LogP contribution in [-0.2, 0) is 4.79 Å². The highest BCUT2D eigenvalue weighted by Crippen LogP contribution is 2.27. The molecule has 2 aromatic carbocycles. The van der Waals surface area contributed by atoms with E-state index in [1.54, 1.807) is 12.1 Å². The van der Waals surface area contributed by atoms with Gasteiger partial charge in [0.05, 0.1) is 11.3 Å². The monoisotopic (exact) mass is 438 g/mol. The van der Waals surface area contributed by atoms with Crippen LogP contribution in [0.4, 0.5) is 15.8 Å². The summed E-state index contributed by atoms with van der Waals surface area (Å²) in [5, 5.41) is 2.71. The van der Waals surface area contributed by atoms with Crippen molar-refractivity contribution in [1.82, 2.24) is 0 Å². The minimum Gasteiger partial charge on any atom is -0.322 e. The fraction of sp³-hybridized carbons (Fsp3) is 0.222. The Labute approximate surface area is 153 Å². The van der Waals surface area contributed by atoms with E-state index in [4.69, 9.17) is 0 Å².